The van der Waals surface area contributed by atoms with Crippen LogP contribution in [-0.2, 0) is 4.79 Å². The van der Waals surface area contributed by atoms with Gasteiger partial charge in [0, 0.05) is 11.8 Å². The van der Waals surface area contributed by atoms with Gasteiger partial charge in [-0.15, -0.1) is 11.8 Å². The van der Waals surface area contributed by atoms with Crippen molar-refractivity contribution < 1.29 is 14.7 Å². The molecule has 6 heteroatoms. The first-order valence-electron chi connectivity index (χ1n) is 5.85. The fourth-order valence-electron chi connectivity index (χ4n) is 1.83. The van der Waals surface area contributed by atoms with Gasteiger partial charge in [-0.05, 0) is 12.3 Å². The molecule has 1 heterocycles. The summed E-state index contributed by atoms with van der Waals surface area (Å²) in [4.78, 5) is 24.3. The molecule has 98 valence electrons. The van der Waals surface area contributed by atoms with Crippen LogP contribution in [0.2, 0.25) is 0 Å². The summed E-state index contributed by atoms with van der Waals surface area (Å²) < 4.78 is 0. The van der Waals surface area contributed by atoms with Crippen LogP contribution in [0.3, 0.4) is 0 Å². The number of aliphatic carboxylic acids is 1. The van der Waals surface area contributed by atoms with Crippen LogP contribution in [0.4, 0.5) is 4.79 Å². The van der Waals surface area contributed by atoms with Crippen molar-refractivity contribution in [2.75, 3.05) is 11.6 Å². The maximum atomic E-state index is 12.0. The van der Waals surface area contributed by atoms with E-state index in [9.17, 15) is 9.59 Å². The van der Waals surface area contributed by atoms with E-state index < -0.39 is 12.0 Å². The summed E-state index contributed by atoms with van der Waals surface area (Å²) in [6, 6.07) is -0.852. The van der Waals surface area contributed by atoms with Gasteiger partial charge in [0.1, 0.15) is 6.04 Å². The van der Waals surface area contributed by atoms with E-state index in [0.29, 0.717) is 17.5 Å². The van der Waals surface area contributed by atoms with E-state index in [4.69, 9.17) is 5.11 Å². The van der Waals surface area contributed by atoms with Crippen LogP contribution in [0.5, 0.6) is 0 Å². The Morgan fingerprint density at radius 2 is 2.18 bits per heavy atom. The van der Waals surface area contributed by atoms with Crippen molar-refractivity contribution in [3.8, 4) is 0 Å². The van der Waals surface area contributed by atoms with Crippen LogP contribution < -0.4 is 5.32 Å². The molecule has 2 amide bonds. The molecular formula is C11H20N2O3S. The topological polar surface area (TPSA) is 69.6 Å². The Hall–Kier alpha value is -0.910. The Bertz CT molecular complexity index is 296. The number of carbonyl (C=O) groups is 2. The maximum absolute atomic E-state index is 12.0. The number of hydrogen-bond donors (Lipinski definition) is 2. The van der Waals surface area contributed by atoms with Gasteiger partial charge in [0.25, 0.3) is 0 Å². The van der Waals surface area contributed by atoms with Crippen LogP contribution >= 0.6 is 11.8 Å². The quantitative estimate of drug-likeness (QED) is 0.805. The molecule has 2 atom stereocenters. The van der Waals surface area contributed by atoms with Crippen molar-refractivity contribution in [2.24, 2.45) is 5.92 Å². The Morgan fingerprint density at radius 1 is 1.53 bits per heavy atom. The highest BCUT2D eigenvalue weighted by Gasteiger charge is 2.35. The van der Waals surface area contributed by atoms with E-state index in [-0.39, 0.29) is 12.1 Å². The first kappa shape index (κ1) is 14.2. The number of hydrogen-bond acceptors (Lipinski definition) is 3. The van der Waals surface area contributed by atoms with Crippen molar-refractivity contribution in [1.29, 1.82) is 0 Å². The zero-order chi connectivity index (χ0) is 13.0. The fourth-order valence-corrected chi connectivity index (χ4v) is 2.97. The second-order valence-corrected chi connectivity index (χ2v) is 5.53. The molecule has 0 saturated carbocycles. The van der Waals surface area contributed by atoms with Gasteiger partial charge >= 0.3 is 12.0 Å². The molecule has 1 aliphatic rings. The summed E-state index contributed by atoms with van der Waals surface area (Å²) >= 11 is 1.47. The molecule has 2 N–H and O–H groups in total. The van der Waals surface area contributed by atoms with Crippen LogP contribution in [-0.4, -0.2) is 45.7 Å². The summed E-state index contributed by atoms with van der Waals surface area (Å²) in [7, 11) is 0. The number of nitrogens with zero attached hydrogens (tertiary/aromatic N) is 1. The number of thioether (sulfide) groups is 1. The van der Waals surface area contributed by atoms with Gasteiger partial charge in [0.15, 0.2) is 0 Å². The van der Waals surface area contributed by atoms with Crippen LogP contribution in [0, 0.1) is 5.92 Å². The Labute approximate surface area is 106 Å². The number of amides is 2. The third-order valence-corrected chi connectivity index (χ3v) is 3.99. The second kappa shape index (κ2) is 6.14. The zero-order valence-electron chi connectivity index (χ0n) is 10.5. The van der Waals surface area contributed by atoms with Crippen LogP contribution in [0.15, 0.2) is 0 Å². The number of carboxylic acid groups (broad SMARTS) is 1. The van der Waals surface area contributed by atoms with E-state index in [1.807, 2.05) is 20.8 Å². The predicted molar refractivity (Wildman–Crippen MR) is 68.0 cm³/mol. The van der Waals surface area contributed by atoms with Crippen LogP contribution in [0.1, 0.15) is 27.2 Å². The van der Waals surface area contributed by atoms with Crippen molar-refractivity contribution >= 4 is 23.8 Å². The van der Waals surface area contributed by atoms with Crippen LogP contribution in [0.25, 0.3) is 0 Å². The summed E-state index contributed by atoms with van der Waals surface area (Å²) in [5.74, 6) is 0.351. The summed E-state index contributed by atoms with van der Waals surface area (Å²) in [6.07, 6.45) is 0.849. The average molecular weight is 260 g/mol. The summed E-state index contributed by atoms with van der Waals surface area (Å²) in [5.41, 5.74) is 0. The van der Waals surface area contributed by atoms with E-state index in [1.54, 1.807) is 0 Å². The number of urea groups is 1. The van der Waals surface area contributed by atoms with E-state index >= 15 is 0 Å². The number of rotatable bonds is 4. The first-order valence-corrected chi connectivity index (χ1v) is 7.00. The maximum Gasteiger partial charge on any atom is 0.327 e. The highest BCUT2D eigenvalue weighted by molar-refractivity contribution is 7.99. The largest absolute Gasteiger partial charge is 0.480 e. The number of carbonyl (C=O) groups excluding carboxylic acids is 1. The zero-order valence-corrected chi connectivity index (χ0v) is 11.3. The minimum Gasteiger partial charge on any atom is -0.480 e. The molecule has 0 radical (unpaired) electrons. The van der Waals surface area contributed by atoms with Crippen molar-refractivity contribution in [2.45, 2.75) is 39.3 Å². The second-order valence-electron chi connectivity index (χ2n) is 4.53. The summed E-state index contributed by atoms with van der Waals surface area (Å²) in [5, 5.41) is 11.9. The lowest BCUT2D eigenvalue weighted by atomic mass is 10.0. The molecule has 0 aliphatic carbocycles. The SMILES string of the molecule is CCC(NC(=O)N1CSC[C@H]1C(=O)O)C(C)C. The van der Waals surface area contributed by atoms with E-state index in [2.05, 4.69) is 5.32 Å². The fraction of sp³-hybridized carbons (Fsp3) is 0.818. The van der Waals surface area contributed by atoms with Crippen molar-refractivity contribution in [1.82, 2.24) is 10.2 Å². The smallest absolute Gasteiger partial charge is 0.327 e. The standard InChI is InChI=1S/C11H20N2O3S/c1-4-8(7(2)3)12-11(16)13-6-17-5-9(13)10(14)15/h7-9H,4-6H2,1-3H3,(H,12,16)(H,14,15)/t8?,9-/m0/s1. The number of nitrogens with one attached hydrogen (secondary N) is 1. The highest BCUT2D eigenvalue weighted by Crippen LogP contribution is 2.21. The number of carboxylic acids is 1. The molecular weight excluding hydrogens is 240 g/mol. The lowest BCUT2D eigenvalue weighted by Crippen LogP contribution is -2.50. The van der Waals surface area contributed by atoms with Gasteiger partial charge in [-0.2, -0.15) is 0 Å². The van der Waals surface area contributed by atoms with E-state index in [1.165, 1.54) is 16.7 Å². The molecule has 0 aromatic carbocycles. The van der Waals surface area contributed by atoms with Gasteiger partial charge in [-0.1, -0.05) is 20.8 Å². The molecule has 0 bridgehead atoms. The highest BCUT2D eigenvalue weighted by atomic mass is 32.2. The van der Waals surface area contributed by atoms with Gasteiger partial charge in [0.2, 0.25) is 0 Å². The minimum atomic E-state index is -0.928. The molecule has 1 unspecified atom stereocenters. The van der Waals surface area contributed by atoms with Gasteiger partial charge in [-0.3, -0.25) is 0 Å². The normalized spacial score (nSPS) is 21.6. The third kappa shape index (κ3) is 3.52. The summed E-state index contributed by atoms with van der Waals surface area (Å²) in [6.45, 7) is 6.10. The average Bonchev–Trinajstić information content (AvgIpc) is 2.73. The van der Waals surface area contributed by atoms with Gasteiger partial charge in [-0.25, -0.2) is 9.59 Å². The van der Waals surface area contributed by atoms with Crippen molar-refractivity contribution in [3.63, 3.8) is 0 Å². The Kier molecular flexibility index (Phi) is 5.11. The molecule has 17 heavy (non-hydrogen) atoms. The molecule has 1 aliphatic heterocycles. The van der Waals surface area contributed by atoms with Gasteiger partial charge < -0.3 is 15.3 Å². The van der Waals surface area contributed by atoms with Gasteiger partial charge in [0.05, 0.1) is 5.88 Å². The molecule has 1 rings (SSSR count). The monoisotopic (exact) mass is 260 g/mol. The Balaban J connectivity index is 2.60. The van der Waals surface area contributed by atoms with Crippen molar-refractivity contribution in [3.05, 3.63) is 0 Å². The lowest BCUT2D eigenvalue weighted by molar-refractivity contribution is -0.140. The lowest BCUT2D eigenvalue weighted by Gasteiger charge is -2.26. The molecule has 5 nitrogen and oxygen atoms in total. The molecule has 1 saturated heterocycles. The first-order chi connectivity index (χ1) is 7.97. The third-order valence-electron chi connectivity index (χ3n) is 2.98. The Morgan fingerprint density at radius 3 is 2.65 bits per heavy atom. The predicted octanol–water partition coefficient (Wildman–Crippen LogP) is 1.59. The molecule has 1 fully saturated rings. The molecule has 0 spiro atoms. The van der Waals surface area contributed by atoms with E-state index in [0.717, 1.165) is 6.42 Å². The molecule has 0 aromatic rings. The molecule has 0 aromatic heterocycles. The minimum absolute atomic E-state index is 0.0996.